The highest BCUT2D eigenvalue weighted by molar-refractivity contribution is 5.92. The van der Waals surface area contributed by atoms with Crippen LogP contribution in [-0.2, 0) is 6.42 Å². The Morgan fingerprint density at radius 1 is 1.33 bits per heavy atom. The van der Waals surface area contributed by atoms with Crippen LogP contribution in [0.1, 0.15) is 22.8 Å². The van der Waals surface area contributed by atoms with Gasteiger partial charge in [-0.25, -0.2) is 4.79 Å². The summed E-state index contributed by atoms with van der Waals surface area (Å²) in [6.07, 6.45) is 0.357. The van der Waals surface area contributed by atoms with Crippen molar-refractivity contribution in [3.8, 4) is 22.8 Å². The van der Waals surface area contributed by atoms with Crippen molar-refractivity contribution in [2.45, 2.75) is 13.3 Å². The second-order valence-corrected chi connectivity index (χ2v) is 5.47. The lowest BCUT2D eigenvalue weighted by molar-refractivity contribution is 0.0691. The van der Waals surface area contributed by atoms with Crippen molar-refractivity contribution in [1.82, 2.24) is 4.98 Å². The predicted octanol–water partition coefficient (Wildman–Crippen LogP) is 2.08. The summed E-state index contributed by atoms with van der Waals surface area (Å²) in [5.74, 6) is -1.36. The Labute approximate surface area is 139 Å². The molecule has 2 rings (SSSR count). The maximum Gasteiger partial charge on any atom is 0.345 e. The quantitative estimate of drug-likeness (QED) is 0.775. The molecule has 1 aromatic carbocycles. The average molecular weight is 332 g/mol. The van der Waals surface area contributed by atoms with Gasteiger partial charge in [-0.15, -0.1) is 0 Å². The zero-order chi connectivity index (χ0) is 18.0. The average Bonchev–Trinajstić information content (AvgIpc) is 2.53. The van der Waals surface area contributed by atoms with E-state index in [2.05, 4.69) is 4.98 Å². The molecule has 0 radical (unpaired) electrons. The number of carbonyl (C=O) groups is 1. The lowest BCUT2D eigenvalue weighted by Gasteiger charge is -2.18. The number of benzene rings is 1. The van der Waals surface area contributed by atoms with Gasteiger partial charge < -0.3 is 24.8 Å². The number of aromatic amines is 1. The Morgan fingerprint density at radius 2 is 2.00 bits per heavy atom. The van der Waals surface area contributed by atoms with Gasteiger partial charge in [0, 0.05) is 25.2 Å². The van der Waals surface area contributed by atoms with Crippen LogP contribution in [0, 0.1) is 0 Å². The highest BCUT2D eigenvalue weighted by Gasteiger charge is 2.22. The van der Waals surface area contributed by atoms with Crippen LogP contribution in [0.4, 0.5) is 5.69 Å². The molecule has 0 aliphatic rings. The Balaban J connectivity index is 2.73. The predicted molar refractivity (Wildman–Crippen MR) is 91.4 cm³/mol. The van der Waals surface area contributed by atoms with E-state index < -0.39 is 22.8 Å². The monoisotopic (exact) mass is 332 g/mol. The number of carboxylic acid groups (broad SMARTS) is 1. The summed E-state index contributed by atoms with van der Waals surface area (Å²) >= 11 is 0. The summed E-state index contributed by atoms with van der Waals surface area (Å²) in [5.41, 5.74) is 0.738. The number of anilines is 1. The van der Waals surface area contributed by atoms with Crippen LogP contribution < -0.4 is 15.2 Å². The van der Waals surface area contributed by atoms with Gasteiger partial charge in [0.1, 0.15) is 11.5 Å². The van der Waals surface area contributed by atoms with Crippen molar-refractivity contribution in [3.05, 3.63) is 39.7 Å². The number of aromatic carboxylic acids is 1. The molecule has 0 unspecified atom stereocenters. The number of rotatable bonds is 5. The smallest absolute Gasteiger partial charge is 0.345 e. The number of nitrogens with zero attached hydrogens (tertiary/aromatic N) is 1. The van der Waals surface area contributed by atoms with Gasteiger partial charge in [-0.1, -0.05) is 13.0 Å². The topological polar surface area (TPSA) is 103 Å². The van der Waals surface area contributed by atoms with Crippen molar-refractivity contribution >= 4 is 11.7 Å². The zero-order valence-electron chi connectivity index (χ0n) is 14.0. The molecule has 1 heterocycles. The first kappa shape index (κ1) is 17.4. The highest BCUT2D eigenvalue weighted by Crippen LogP contribution is 2.35. The van der Waals surface area contributed by atoms with E-state index in [9.17, 15) is 14.7 Å². The van der Waals surface area contributed by atoms with E-state index in [4.69, 9.17) is 9.84 Å². The highest BCUT2D eigenvalue weighted by atomic mass is 16.5. The minimum atomic E-state index is -1.46. The fraction of sp³-hybridized carbons (Fsp3) is 0.294. The van der Waals surface area contributed by atoms with E-state index in [1.54, 1.807) is 26.2 Å². The van der Waals surface area contributed by atoms with Crippen LogP contribution >= 0.6 is 0 Å². The summed E-state index contributed by atoms with van der Waals surface area (Å²) in [5, 5.41) is 19.3. The van der Waals surface area contributed by atoms with E-state index in [-0.39, 0.29) is 0 Å². The summed E-state index contributed by atoms with van der Waals surface area (Å²) in [6, 6.07) is 5.34. The van der Waals surface area contributed by atoms with E-state index in [0.717, 1.165) is 5.69 Å². The molecule has 0 fully saturated rings. The fourth-order valence-corrected chi connectivity index (χ4v) is 2.62. The number of aromatic hydroxyl groups is 1. The van der Waals surface area contributed by atoms with Gasteiger partial charge in [0.15, 0.2) is 5.56 Å². The summed E-state index contributed by atoms with van der Waals surface area (Å²) in [6.45, 7) is 1.77. The zero-order valence-corrected chi connectivity index (χ0v) is 14.0. The van der Waals surface area contributed by atoms with Crippen LogP contribution in [0.3, 0.4) is 0 Å². The first-order chi connectivity index (χ1) is 11.3. The van der Waals surface area contributed by atoms with E-state index >= 15 is 0 Å². The Morgan fingerprint density at radius 3 is 2.50 bits per heavy atom. The number of pyridine rings is 1. The molecule has 0 saturated carbocycles. The molecule has 1 aromatic heterocycles. The van der Waals surface area contributed by atoms with E-state index in [1.165, 1.54) is 0 Å². The number of aromatic nitrogens is 1. The van der Waals surface area contributed by atoms with Crippen molar-refractivity contribution in [2.24, 2.45) is 0 Å². The fourth-order valence-electron chi connectivity index (χ4n) is 2.62. The minimum absolute atomic E-state index is 0.357. The summed E-state index contributed by atoms with van der Waals surface area (Å²) in [7, 11) is 5.30. The Kier molecular flexibility index (Phi) is 4.82. The van der Waals surface area contributed by atoms with Crippen LogP contribution in [-0.4, -0.2) is 42.4 Å². The standard InChI is InChI=1S/C17H20N2O5/c1-5-10-14(18-16(21)13(15(10)20)17(22)23)9-6-7-11(19(2)3)12(8-9)24-4/h6-8H,5H2,1-4H3,(H,22,23)(H2,18,20,21). The van der Waals surface area contributed by atoms with Crippen LogP contribution in [0.2, 0.25) is 0 Å². The van der Waals surface area contributed by atoms with E-state index in [1.807, 2.05) is 25.1 Å². The van der Waals surface area contributed by atoms with Gasteiger partial charge in [-0.2, -0.15) is 0 Å². The maximum absolute atomic E-state index is 12.0. The first-order valence-corrected chi connectivity index (χ1v) is 7.38. The SMILES string of the molecule is CCc1c(-c2ccc(N(C)C)c(OC)c2)[nH]c(=O)c(C(=O)O)c1O. The molecule has 7 nitrogen and oxygen atoms in total. The Hall–Kier alpha value is -2.96. The lowest BCUT2D eigenvalue weighted by Crippen LogP contribution is -2.20. The van der Waals surface area contributed by atoms with Crippen molar-refractivity contribution in [1.29, 1.82) is 0 Å². The second kappa shape index (κ2) is 6.66. The molecule has 2 aromatic rings. The summed E-state index contributed by atoms with van der Waals surface area (Å²) in [4.78, 5) is 27.7. The molecule has 0 saturated heterocycles. The molecule has 128 valence electrons. The van der Waals surface area contributed by atoms with Crippen molar-refractivity contribution < 1.29 is 19.7 Å². The second-order valence-electron chi connectivity index (χ2n) is 5.47. The molecule has 0 bridgehead atoms. The van der Waals surface area contributed by atoms with E-state index in [0.29, 0.717) is 29.0 Å². The third-order valence-corrected chi connectivity index (χ3v) is 3.81. The van der Waals surface area contributed by atoms with Gasteiger partial charge >= 0.3 is 5.97 Å². The largest absolute Gasteiger partial charge is 0.506 e. The molecule has 24 heavy (non-hydrogen) atoms. The number of H-pyrrole nitrogens is 1. The number of hydrogen-bond donors (Lipinski definition) is 3. The van der Waals surface area contributed by atoms with Crippen LogP contribution in [0.25, 0.3) is 11.3 Å². The molecule has 3 N–H and O–H groups in total. The molecule has 0 aliphatic carbocycles. The lowest BCUT2D eigenvalue weighted by atomic mass is 10.00. The van der Waals surface area contributed by atoms with Gasteiger partial charge in [0.05, 0.1) is 18.5 Å². The van der Waals surface area contributed by atoms with Gasteiger partial charge in [0.25, 0.3) is 5.56 Å². The van der Waals surface area contributed by atoms with Crippen molar-refractivity contribution in [3.63, 3.8) is 0 Å². The van der Waals surface area contributed by atoms with Gasteiger partial charge in [0.2, 0.25) is 0 Å². The third kappa shape index (κ3) is 2.92. The van der Waals surface area contributed by atoms with Gasteiger partial charge in [-0.3, -0.25) is 4.79 Å². The molecule has 7 heteroatoms. The number of methoxy groups -OCH3 is 1. The number of carboxylic acids is 1. The molecule has 0 spiro atoms. The molecule has 0 aliphatic heterocycles. The summed E-state index contributed by atoms with van der Waals surface area (Å²) < 4.78 is 5.37. The van der Waals surface area contributed by atoms with Crippen molar-refractivity contribution in [2.75, 3.05) is 26.1 Å². The minimum Gasteiger partial charge on any atom is -0.506 e. The number of nitrogens with one attached hydrogen (secondary N) is 1. The number of hydrogen-bond acceptors (Lipinski definition) is 5. The third-order valence-electron chi connectivity index (χ3n) is 3.81. The van der Waals surface area contributed by atoms with Crippen LogP contribution in [0.15, 0.2) is 23.0 Å². The van der Waals surface area contributed by atoms with Crippen LogP contribution in [0.5, 0.6) is 11.5 Å². The molecule has 0 atom stereocenters. The molecular weight excluding hydrogens is 312 g/mol. The normalized spacial score (nSPS) is 10.5. The first-order valence-electron chi connectivity index (χ1n) is 7.38. The Bertz CT molecular complexity index is 840. The number of ether oxygens (including phenoxy) is 1. The van der Waals surface area contributed by atoms with Gasteiger partial charge in [-0.05, 0) is 18.6 Å². The molecular formula is C17H20N2O5. The molecule has 0 amide bonds. The maximum atomic E-state index is 12.0.